The Hall–Kier alpha value is 0.230. The first-order valence-electron chi connectivity index (χ1n) is 7.13. The van der Waals surface area contributed by atoms with Gasteiger partial charge < -0.3 is 14.7 Å². The Balaban J connectivity index is 0.00000137. The topological polar surface area (TPSA) is 32.7 Å². The summed E-state index contributed by atoms with van der Waals surface area (Å²) in [5.74, 6) is 2.44. The maximum absolute atomic E-state index is 9.97. The van der Waals surface area contributed by atoms with Crippen LogP contribution in [0.2, 0.25) is 0 Å². The molecule has 1 heterocycles. The van der Waals surface area contributed by atoms with Gasteiger partial charge >= 0.3 is 0 Å². The van der Waals surface area contributed by atoms with Crippen LogP contribution in [-0.2, 0) is 4.74 Å². The molecule has 0 aliphatic carbocycles. The fourth-order valence-corrected chi connectivity index (χ4v) is 2.92. The second-order valence-corrected chi connectivity index (χ2v) is 6.05. The third-order valence-corrected chi connectivity index (χ3v) is 4.16. The molecule has 1 aliphatic rings. The first-order chi connectivity index (χ1) is 8.61. The Morgan fingerprint density at radius 2 is 2.06 bits per heavy atom. The van der Waals surface area contributed by atoms with Crippen molar-refractivity contribution in [2.75, 3.05) is 38.8 Å². The van der Waals surface area contributed by atoms with Crippen LogP contribution in [0.3, 0.4) is 0 Å². The van der Waals surface area contributed by atoms with E-state index in [9.17, 15) is 5.11 Å². The standard InChI is InChI=1S/C12H25NO2S.C2H6/c1-10-5-7-15-12(10)11(14)9-16-8-4-6-13(2)3;1-2/h10-12,14H,4-9H2,1-3H3;1-2H3. The second-order valence-electron chi connectivity index (χ2n) is 4.90. The van der Waals surface area contributed by atoms with Gasteiger partial charge in [-0.2, -0.15) is 11.8 Å². The summed E-state index contributed by atoms with van der Waals surface area (Å²) in [5.41, 5.74) is 0. The highest BCUT2D eigenvalue weighted by atomic mass is 32.2. The first kappa shape index (κ1) is 18.2. The minimum absolute atomic E-state index is 0.0707. The lowest BCUT2D eigenvalue weighted by Gasteiger charge is -2.21. The second kappa shape index (κ2) is 11.1. The van der Waals surface area contributed by atoms with Crippen LogP contribution in [0.5, 0.6) is 0 Å². The van der Waals surface area contributed by atoms with Gasteiger partial charge in [-0.1, -0.05) is 20.8 Å². The predicted octanol–water partition coefficient (Wildman–Crippen LogP) is 2.48. The zero-order valence-electron chi connectivity index (χ0n) is 12.7. The molecule has 1 rings (SSSR count). The highest BCUT2D eigenvalue weighted by Crippen LogP contribution is 2.24. The number of hydrogen-bond acceptors (Lipinski definition) is 4. The summed E-state index contributed by atoms with van der Waals surface area (Å²) in [6.45, 7) is 8.10. The van der Waals surface area contributed by atoms with Gasteiger partial charge in [0.1, 0.15) is 0 Å². The smallest absolute Gasteiger partial charge is 0.0894 e. The number of aliphatic hydroxyl groups is 1. The van der Waals surface area contributed by atoms with Crippen molar-refractivity contribution in [3.8, 4) is 0 Å². The number of nitrogens with zero attached hydrogens (tertiary/aromatic N) is 1. The fraction of sp³-hybridized carbons (Fsp3) is 1.00. The Morgan fingerprint density at radius 3 is 2.56 bits per heavy atom. The molecule has 0 aromatic heterocycles. The molecule has 4 heteroatoms. The van der Waals surface area contributed by atoms with Gasteiger partial charge in [-0.3, -0.25) is 0 Å². The molecule has 18 heavy (non-hydrogen) atoms. The maximum Gasteiger partial charge on any atom is 0.0894 e. The average molecular weight is 277 g/mol. The van der Waals surface area contributed by atoms with E-state index in [1.165, 1.54) is 6.42 Å². The molecular formula is C14H31NO2S. The van der Waals surface area contributed by atoms with Gasteiger partial charge in [0, 0.05) is 12.4 Å². The van der Waals surface area contributed by atoms with Crippen LogP contribution < -0.4 is 0 Å². The van der Waals surface area contributed by atoms with Gasteiger partial charge in [-0.25, -0.2) is 0 Å². The number of thioether (sulfide) groups is 1. The van der Waals surface area contributed by atoms with Crippen LogP contribution in [-0.4, -0.2) is 61.0 Å². The monoisotopic (exact) mass is 277 g/mol. The zero-order chi connectivity index (χ0) is 14.0. The first-order valence-corrected chi connectivity index (χ1v) is 8.29. The van der Waals surface area contributed by atoms with Crippen molar-refractivity contribution in [1.29, 1.82) is 0 Å². The molecule has 3 nitrogen and oxygen atoms in total. The van der Waals surface area contributed by atoms with Crippen molar-refractivity contribution in [1.82, 2.24) is 4.90 Å². The van der Waals surface area contributed by atoms with Crippen molar-refractivity contribution in [2.24, 2.45) is 5.92 Å². The SMILES string of the molecule is CC.CC1CCOC1C(O)CSCCCN(C)C. The van der Waals surface area contributed by atoms with Gasteiger partial charge in [0.05, 0.1) is 12.2 Å². The van der Waals surface area contributed by atoms with Gasteiger partial charge in [-0.15, -0.1) is 0 Å². The predicted molar refractivity (Wildman–Crippen MR) is 81.4 cm³/mol. The van der Waals surface area contributed by atoms with Crippen molar-refractivity contribution < 1.29 is 9.84 Å². The van der Waals surface area contributed by atoms with Gasteiger partial charge in [-0.05, 0) is 45.2 Å². The van der Waals surface area contributed by atoms with Crippen molar-refractivity contribution in [3.05, 3.63) is 0 Å². The zero-order valence-corrected chi connectivity index (χ0v) is 13.5. The Morgan fingerprint density at radius 1 is 1.39 bits per heavy atom. The summed E-state index contributed by atoms with van der Waals surface area (Å²) in [5, 5.41) is 9.97. The van der Waals surface area contributed by atoms with Crippen molar-refractivity contribution in [3.63, 3.8) is 0 Å². The van der Waals surface area contributed by atoms with Crippen LogP contribution in [0, 0.1) is 5.92 Å². The molecule has 0 aromatic rings. The molecular weight excluding hydrogens is 246 g/mol. The van der Waals surface area contributed by atoms with Crippen LogP contribution in [0.25, 0.3) is 0 Å². The van der Waals surface area contributed by atoms with Crippen molar-refractivity contribution in [2.45, 2.75) is 45.8 Å². The molecule has 0 saturated carbocycles. The lowest BCUT2D eigenvalue weighted by Crippen LogP contribution is -2.32. The van der Waals surface area contributed by atoms with Crippen LogP contribution in [0.15, 0.2) is 0 Å². The largest absolute Gasteiger partial charge is 0.390 e. The number of hydrogen-bond donors (Lipinski definition) is 1. The van der Waals surface area contributed by atoms with E-state index in [0.717, 1.165) is 31.1 Å². The quantitative estimate of drug-likeness (QED) is 0.725. The van der Waals surface area contributed by atoms with E-state index in [1.54, 1.807) is 0 Å². The molecule has 3 unspecified atom stereocenters. The van der Waals surface area contributed by atoms with Gasteiger partial charge in [0.15, 0.2) is 0 Å². The van der Waals surface area contributed by atoms with E-state index in [1.807, 2.05) is 25.6 Å². The summed E-state index contributed by atoms with van der Waals surface area (Å²) in [7, 11) is 4.18. The maximum atomic E-state index is 9.97. The molecule has 1 fully saturated rings. The summed E-state index contributed by atoms with van der Waals surface area (Å²) in [6.07, 6.45) is 2.06. The Kier molecular flexibility index (Phi) is 11.2. The third kappa shape index (κ3) is 7.62. The molecule has 0 aromatic carbocycles. The van der Waals surface area contributed by atoms with Crippen LogP contribution in [0.1, 0.15) is 33.6 Å². The minimum atomic E-state index is -0.290. The molecule has 1 aliphatic heterocycles. The fourth-order valence-electron chi connectivity index (χ4n) is 1.99. The molecule has 1 N–H and O–H groups in total. The molecule has 0 amide bonds. The lowest BCUT2D eigenvalue weighted by atomic mass is 10.0. The van der Waals surface area contributed by atoms with Crippen LogP contribution >= 0.6 is 11.8 Å². The normalized spacial score (nSPS) is 24.8. The van der Waals surface area contributed by atoms with E-state index in [-0.39, 0.29) is 12.2 Å². The minimum Gasteiger partial charge on any atom is -0.390 e. The van der Waals surface area contributed by atoms with Crippen molar-refractivity contribution >= 4 is 11.8 Å². The Labute approximate surface area is 117 Å². The summed E-state index contributed by atoms with van der Waals surface area (Å²) in [6, 6.07) is 0. The summed E-state index contributed by atoms with van der Waals surface area (Å²) >= 11 is 1.84. The molecule has 0 bridgehead atoms. The van der Waals surface area contributed by atoms with Crippen LogP contribution in [0.4, 0.5) is 0 Å². The van der Waals surface area contributed by atoms with Gasteiger partial charge in [0.25, 0.3) is 0 Å². The number of rotatable bonds is 7. The lowest BCUT2D eigenvalue weighted by molar-refractivity contribution is -0.00434. The highest BCUT2D eigenvalue weighted by Gasteiger charge is 2.30. The number of aliphatic hydroxyl groups excluding tert-OH is 1. The van der Waals surface area contributed by atoms with E-state index >= 15 is 0 Å². The highest BCUT2D eigenvalue weighted by molar-refractivity contribution is 7.99. The van der Waals surface area contributed by atoms with E-state index in [2.05, 4.69) is 25.9 Å². The number of ether oxygens (including phenoxy) is 1. The average Bonchev–Trinajstić information content (AvgIpc) is 2.77. The third-order valence-electron chi connectivity index (χ3n) is 3.01. The molecule has 0 radical (unpaired) electrons. The molecule has 3 atom stereocenters. The molecule has 110 valence electrons. The molecule has 0 spiro atoms. The van der Waals surface area contributed by atoms with E-state index in [0.29, 0.717) is 5.92 Å². The summed E-state index contributed by atoms with van der Waals surface area (Å²) in [4.78, 5) is 2.19. The van der Waals surface area contributed by atoms with E-state index in [4.69, 9.17) is 4.74 Å². The summed E-state index contributed by atoms with van der Waals surface area (Å²) < 4.78 is 5.55. The molecule has 1 saturated heterocycles. The van der Waals surface area contributed by atoms with Gasteiger partial charge in [0.2, 0.25) is 0 Å². The van der Waals surface area contributed by atoms with E-state index < -0.39 is 0 Å². The Bertz CT molecular complexity index is 191.